The van der Waals surface area contributed by atoms with Gasteiger partial charge in [0.25, 0.3) is 0 Å². The number of fused-ring (bicyclic) bond motifs is 1. The molecule has 5 heteroatoms. The smallest absolute Gasteiger partial charge is 0.233 e. The van der Waals surface area contributed by atoms with Gasteiger partial charge in [-0.15, -0.1) is 0 Å². The molecule has 3 unspecified atom stereocenters. The number of ether oxygens (including phenoxy) is 1. The van der Waals surface area contributed by atoms with Crippen LogP contribution in [0, 0.1) is 11.8 Å². The zero-order valence-electron chi connectivity index (χ0n) is 11.0. The number of hydrogen-bond donors (Lipinski definition) is 1. The van der Waals surface area contributed by atoms with E-state index in [1.165, 1.54) is 0 Å². The molecule has 3 atom stereocenters. The van der Waals surface area contributed by atoms with Crippen LogP contribution in [0.25, 0.3) is 0 Å². The highest BCUT2D eigenvalue weighted by molar-refractivity contribution is 5.42. The monoisotopic (exact) mass is 248 g/mol. The molecule has 0 saturated carbocycles. The van der Waals surface area contributed by atoms with Crippen molar-refractivity contribution >= 4 is 5.82 Å². The van der Waals surface area contributed by atoms with Crippen molar-refractivity contribution in [1.29, 1.82) is 0 Å². The van der Waals surface area contributed by atoms with E-state index < -0.39 is 0 Å². The average Bonchev–Trinajstić information content (AvgIpc) is 2.98. The number of nitrogens with zero attached hydrogens (tertiary/aromatic N) is 3. The van der Waals surface area contributed by atoms with Gasteiger partial charge in [0.1, 0.15) is 0 Å². The van der Waals surface area contributed by atoms with Crippen molar-refractivity contribution < 1.29 is 4.74 Å². The lowest BCUT2D eigenvalue weighted by Gasteiger charge is -2.27. The summed E-state index contributed by atoms with van der Waals surface area (Å²) in [6.07, 6.45) is 4.66. The number of rotatable bonds is 3. The lowest BCUT2D eigenvalue weighted by molar-refractivity contribution is 0.394. The fraction of sp³-hybridized carbons (Fsp3) is 0.692. The van der Waals surface area contributed by atoms with Crippen molar-refractivity contribution in [2.24, 2.45) is 11.8 Å². The number of nitrogens with one attached hydrogen (secondary N) is 1. The zero-order chi connectivity index (χ0) is 12.5. The molecule has 1 aromatic rings. The van der Waals surface area contributed by atoms with Crippen LogP contribution >= 0.6 is 0 Å². The Morgan fingerprint density at radius 2 is 2.33 bits per heavy atom. The molecule has 0 spiro atoms. The Hall–Kier alpha value is -1.36. The first kappa shape index (κ1) is 11.7. The van der Waals surface area contributed by atoms with E-state index in [2.05, 4.69) is 27.1 Å². The van der Waals surface area contributed by atoms with Crippen molar-refractivity contribution in [1.82, 2.24) is 15.3 Å². The van der Waals surface area contributed by atoms with Crippen LogP contribution in [0.15, 0.2) is 12.4 Å². The van der Waals surface area contributed by atoms with E-state index in [4.69, 9.17) is 4.74 Å². The Bertz CT molecular complexity index is 425. The summed E-state index contributed by atoms with van der Waals surface area (Å²) in [6.45, 7) is 5.61. The van der Waals surface area contributed by atoms with E-state index in [0.29, 0.717) is 11.9 Å². The van der Waals surface area contributed by atoms with Crippen LogP contribution < -0.4 is 15.0 Å². The van der Waals surface area contributed by atoms with Gasteiger partial charge < -0.3 is 15.0 Å². The highest BCUT2D eigenvalue weighted by Gasteiger charge is 2.43. The average molecular weight is 248 g/mol. The van der Waals surface area contributed by atoms with Crippen LogP contribution in [0.3, 0.4) is 0 Å². The predicted octanol–water partition coefficient (Wildman–Crippen LogP) is 0.919. The van der Waals surface area contributed by atoms with Crippen molar-refractivity contribution in [2.45, 2.75) is 19.4 Å². The van der Waals surface area contributed by atoms with Gasteiger partial charge in [-0.25, -0.2) is 0 Å². The van der Waals surface area contributed by atoms with Crippen LogP contribution in [0.1, 0.15) is 13.3 Å². The SMILES string of the molecule is CCC1C2CNCC2CN1c1cncc(OC)n1. The molecule has 2 saturated heterocycles. The third kappa shape index (κ3) is 1.82. The normalized spacial score (nSPS) is 30.6. The van der Waals surface area contributed by atoms with Gasteiger partial charge in [0.2, 0.25) is 5.88 Å². The molecule has 0 aliphatic carbocycles. The second-order valence-electron chi connectivity index (χ2n) is 5.13. The molecule has 2 aliphatic heterocycles. The summed E-state index contributed by atoms with van der Waals surface area (Å²) in [6, 6.07) is 0.575. The molecule has 5 nitrogen and oxygen atoms in total. The Labute approximate surface area is 108 Å². The highest BCUT2D eigenvalue weighted by Crippen LogP contribution is 2.36. The van der Waals surface area contributed by atoms with E-state index in [-0.39, 0.29) is 0 Å². The summed E-state index contributed by atoms with van der Waals surface area (Å²) in [7, 11) is 1.63. The molecular weight excluding hydrogens is 228 g/mol. The lowest BCUT2D eigenvalue weighted by atomic mass is 9.93. The van der Waals surface area contributed by atoms with E-state index >= 15 is 0 Å². The van der Waals surface area contributed by atoms with E-state index in [1.54, 1.807) is 13.3 Å². The fourth-order valence-corrected chi connectivity index (χ4v) is 3.38. The number of hydrogen-bond acceptors (Lipinski definition) is 5. The van der Waals surface area contributed by atoms with Crippen LogP contribution in [0.2, 0.25) is 0 Å². The zero-order valence-corrected chi connectivity index (χ0v) is 11.0. The maximum absolute atomic E-state index is 5.16. The van der Waals surface area contributed by atoms with Crippen molar-refractivity contribution in [3.63, 3.8) is 0 Å². The van der Waals surface area contributed by atoms with E-state index in [1.807, 2.05) is 6.20 Å². The Morgan fingerprint density at radius 3 is 3.11 bits per heavy atom. The molecule has 18 heavy (non-hydrogen) atoms. The van der Waals surface area contributed by atoms with Gasteiger partial charge in [0, 0.05) is 25.7 Å². The maximum Gasteiger partial charge on any atom is 0.233 e. The minimum atomic E-state index is 0.575. The first-order valence-electron chi connectivity index (χ1n) is 6.67. The second kappa shape index (κ2) is 4.72. The summed E-state index contributed by atoms with van der Waals surface area (Å²) in [5.74, 6) is 3.05. The molecule has 1 N–H and O–H groups in total. The summed E-state index contributed by atoms with van der Waals surface area (Å²) >= 11 is 0. The molecule has 1 aromatic heterocycles. The second-order valence-corrected chi connectivity index (χ2v) is 5.13. The third-order valence-electron chi connectivity index (χ3n) is 4.24. The van der Waals surface area contributed by atoms with Gasteiger partial charge in [-0.1, -0.05) is 6.92 Å². The van der Waals surface area contributed by atoms with Gasteiger partial charge in [-0.2, -0.15) is 4.98 Å². The van der Waals surface area contributed by atoms with Gasteiger partial charge in [0.15, 0.2) is 5.82 Å². The maximum atomic E-state index is 5.16. The van der Waals surface area contributed by atoms with Crippen LogP contribution in [0.4, 0.5) is 5.82 Å². The summed E-state index contributed by atoms with van der Waals surface area (Å²) in [4.78, 5) is 11.1. The minimum Gasteiger partial charge on any atom is -0.480 e. The summed E-state index contributed by atoms with van der Waals surface area (Å²) < 4.78 is 5.16. The first-order chi connectivity index (χ1) is 8.83. The highest BCUT2D eigenvalue weighted by atomic mass is 16.5. The Morgan fingerprint density at radius 1 is 1.44 bits per heavy atom. The topological polar surface area (TPSA) is 50.3 Å². The van der Waals surface area contributed by atoms with Crippen molar-refractivity contribution in [3.05, 3.63) is 12.4 Å². The Kier molecular flexibility index (Phi) is 3.07. The van der Waals surface area contributed by atoms with Crippen molar-refractivity contribution in [2.75, 3.05) is 31.6 Å². The lowest BCUT2D eigenvalue weighted by Crippen LogP contribution is -2.35. The Balaban J connectivity index is 1.86. The first-order valence-corrected chi connectivity index (χ1v) is 6.67. The molecule has 3 rings (SSSR count). The molecule has 0 amide bonds. The molecule has 2 fully saturated rings. The number of methoxy groups -OCH3 is 1. The largest absolute Gasteiger partial charge is 0.480 e. The molecule has 0 radical (unpaired) electrons. The molecule has 0 aromatic carbocycles. The summed E-state index contributed by atoms with van der Waals surface area (Å²) in [5, 5.41) is 3.50. The van der Waals surface area contributed by atoms with Crippen LogP contribution in [-0.4, -0.2) is 42.8 Å². The van der Waals surface area contributed by atoms with Crippen LogP contribution in [-0.2, 0) is 0 Å². The van der Waals surface area contributed by atoms with Crippen LogP contribution in [0.5, 0.6) is 5.88 Å². The molecule has 98 valence electrons. The van der Waals surface area contributed by atoms with Gasteiger partial charge >= 0.3 is 0 Å². The summed E-state index contributed by atoms with van der Waals surface area (Å²) in [5.41, 5.74) is 0. The van der Waals surface area contributed by atoms with E-state index in [0.717, 1.165) is 43.7 Å². The van der Waals surface area contributed by atoms with Gasteiger partial charge in [-0.3, -0.25) is 4.98 Å². The third-order valence-corrected chi connectivity index (χ3v) is 4.24. The fourth-order valence-electron chi connectivity index (χ4n) is 3.38. The molecular formula is C13H20N4O. The molecule has 0 bridgehead atoms. The van der Waals surface area contributed by atoms with Gasteiger partial charge in [0.05, 0.1) is 19.5 Å². The number of anilines is 1. The van der Waals surface area contributed by atoms with E-state index in [9.17, 15) is 0 Å². The number of aromatic nitrogens is 2. The van der Waals surface area contributed by atoms with Crippen molar-refractivity contribution in [3.8, 4) is 5.88 Å². The minimum absolute atomic E-state index is 0.575. The van der Waals surface area contributed by atoms with Gasteiger partial charge in [-0.05, 0) is 18.3 Å². The standard InChI is InChI=1S/C13H20N4O/c1-3-11-10-5-14-4-9(10)8-17(11)12-6-15-7-13(16-12)18-2/h6-7,9-11,14H,3-5,8H2,1-2H3. The molecule has 3 heterocycles. The quantitative estimate of drug-likeness (QED) is 0.862. The predicted molar refractivity (Wildman–Crippen MR) is 69.9 cm³/mol. The molecule has 2 aliphatic rings.